The van der Waals surface area contributed by atoms with Crippen LogP contribution in [0.15, 0.2) is 70.5 Å². The topological polar surface area (TPSA) is 95.8 Å². The third-order valence-corrected chi connectivity index (χ3v) is 7.78. The molecule has 1 aromatic heterocycles. The van der Waals surface area contributed by atoms with E-state index in [9.17, 15) is 9.90 Å². The fraction of sp³-hybridized carbons (Fsp3) is 0.364. The highest BCUT2D eigenvalue weighted by Crippen LogP contribution is 2.34. The van der Waals surface area contributed by atoms with Crippen molar-refractivity contribution in [2.24, 2.45) is 5.92 Å². The van der Waals surface area contributed by atoms with Crippen LogP contribution in [0.25, 0.3) is 23.4 Å². The van der Waals surface area contributed by atoms with Crippen molar-refractivity contribution in [3.8, 4) is 16.9 Å². The predicted octanol–water partition coefficient (Wildman–Crippen LogP) is 5.37. The van der Waals surface area contributed by atoms with Gasteiger partial charge in [0.1, 0.15) is 11.1 Å². The zero-order valence-electron chi connectivity index (χ0n) is 24.9. The number of rotatable bonds is 11. The first-order valence-corrected chi connectivity index (χ1v) is 14.8. The number of furan rings is 1. The Labute approximate surface area is 247 Å². The van der Waals surface area contributed by atoms with Crippen LogP contribution in [0.3, 0.4) is 0 Å². The Hall–Kier alpha value is -3.62. The first-order valence-electron chi connectivity index (χ1n) is 13.9. The molecule has 0 amide bonds. The summed E-state index contributed by atoms with van der Waals surface area (Å²) in [5, 5.41) is 23.9. The molecule has 0 saturated carbocycles. The van der Waals surface area contributed by atoms with Gasteiger partial charge in [-0.15, -0.1) is 11.8 Å². The van der Waals surface area contributed by atoms with Crippen LogP contribution in [0, 0.1) is 5.92 Å². The molecule has 8 heteroatoms. The van der Waals surface area contributed by atoms with Crippen molar-refractivity contribution in [1.29, 1.82) is 0 Å². The molecule has 0 radical (unpaired) electrons. The lowest BCUT2D eigenvalue weighted by Gasteiger charge is -2.16. The molecule has 2 unspecified atom stereocenters. The van der Waals surface area contributed by atoms with Gasteiger partial charge in [-0.3, -0.25) is 4.79 Å². The first kappa shape index (κ1) is 31.9. The van der Waals surface area contributed by atoms with Gasteiger partial charge in [-0.25, -0.2) is 0 Å². The number of benzene rings is 2. The summed E-state index contributed by atoms with van der Waals surface area (Å²) >= 11 is 1.59. The average molecular weight is 578 g/mol. The highest BCUT2D eigenvalue weighted by molar-refractivity contribution is 8.02. The van der Waals surface area contributed by atoms with Gasteiger partial charge in [0.25, 0.3) is 0 Å². The Kier molecular flexibility index (Phi) is 12.0. The van der Waals surface area contributed by atoms with E-state index in [0.717, 1.165) is 52.6 Å². The molecule has 2 atom stereocenters. The van der Waals surface area contributed by atoms with Crippen molar-refractivity contribution in [1.82, 2.24) is 10.6 Å². The lowest BCUT2D eigenvalue weighted by molar-refractivity contribution is -0.105. The van der Waals surface area contributed by atoms with Crippen molar-refractivity contribution in [3.05, 3.63) is 82.1 Å². The fourth-order valence-electron chi connectivity index (χ4n) is 4.14. The van der Waals surface area contributed by atoms with E-state index in [0.29, 0.717) is 18.0 Å². The highest BCUT2D eigenvalue weighted by Gasteiger charge is 2.18. The quantitative estimate of drug-likeness (QED) is 0.178. The van der Waals surface area contributed by atoms with Crippen molar-refractivity contribution < 1.29 is 19.1 Å². The smallest absolute Gasteiger partial charge is 0.166 e. The monoisotopic (exact) mass is 577 g/mol. The largest absolute Gasteiger partial charge is 0.497 e. The predicted molar refractivity (Wildman–Crippen MR) is 171 cm³/mol. The van der Waals surface area contributed by atoms with Gasteiger partial charge >= 0.3 is 0 Å². The third kappa shape index (κ3) is 9.76. The number of carbonyl (C=O) groups excluding carboxylic acids is 1. The number of aliphatic hydroxyl groups is 1. The van der Waals surface area contributed by atoms with Gasteiger partial charge in [0.15, 0.2) is 6.29 Å². The van der Waals surface area contributed by atoms with E-state index in [1.807, 2.05) is 62.8 Å². The van der Waals surface area contributed by atoms with Gasteiger partial charge in [-0.1, -0.05) is 38.5 Å². The molecule has 2 heterocycles. The summed E-state index contributed by atoms with van der Waals surface area (Å²) in [6.45, 7) is 8.82. The standard InChI is InChI=1S/C22H32N2O2.C11H11NO2S/c1-6-16(2)11-18-12-20(17-7-10-26-15-17)21(23-5)13-19(18)14-24-9-8-22(3,4)25;1-14-10-4-2-3-8(5-10)11-12-9(6-13)7-15-11/h7,10-16,23-25H,6,8-9H2,1-5H3;2-7,11-12H,1H3/b18-11+,19-14-;. The van der Waals surface area contributed by atoms with E-state index < -0.39 is 5.60 Å². The second kappa shape index (κ2) is 15.4. The molecule has 7 nitrogen and oxygen atoms in total. The Balaban J connectivity index is 0.000000260. The molecule has 3 aromatic rings. The number of ether oxygens (including phenoxy) is 1. The van der Waals surface area contributed by atoms with Crippen LogP contribution in [-0.4, -0.2) is 37.7 Å². The van der Waals surface area contributed by atoms with Gasteiger partial charge in [0.05, 0.1) is 30.9 Å². The Morgan fingerprint density at radius 3 is 2.63 bits per heavy atom. The van der Waals surface area contributed by atoms with E-state index in [2.05, 4.69) is 48.0 Å². The van der Waals surface area contributed by atoms with Crippen molar-refractivity contribution in [3.63, 3.8) is 0 Å². The summed E-state index contributed by atoms with van der Waals surface area (Å²) in [6, 6.07) is 14.2. The van der Waals surface area contributed by atoms with Crippen LogP contribution < -0.4 is 31.1 Å². The summed E-state index contributed by atoms with van der Waals surface area (Å²) in [5.74, 6) is 1.32. The number of hydrogen-bond donors (Lipinski definition) is 4. The highest BCUT2D eigenvalue weighted by atomic mass is 32.2. The zero-order valence-corrected chi connectivity index (χ0v) is 25.7. The molecule has 2 aromatic carbocycles. The molecule has 0 aliphatic carbocycles. The summed E-state index contributed by atoms with van der Waals surface area (Å²) < 4.78 is 10.4. The molecule has 0 saturated heterocycles. The van der Waals surface area contributed by atoms with Gasteiger partial charge in [0, 0.05) is 36.6 Å². The molecule has 0 fully saturated rings. The summed E-state index contributed by atoms with van der Waals surface area (Å²) in [5.41, 5.74) is 4.33. The van der Waals surface area contributed by atoms with Crippen LogP contribution >= 0.6 is 11.8 Å². The Morgan fingerprint density at radius 1 is 1.22 bits per heavy atom. The third-order valence-electron chi connectivity index (χ3n) is 6.72. The van der Waals surface area contributed by atoms with Crippen LogP contribution in [0.4, 0.5) is 5.69 Å². The van der Waals surface area contributed by atoms with E-state index in [1.54, 1.807) is 31.4 Å². The van der Waals surface area contributed by atoms with E-state index in [4.69, 9.17) is 9.15 Å². The maximum Gasteiger partial charge on any atom is 0.166 e. The zero-order chi connectivity index (χ0) is 29.8. The number of methoxy groups -OCH3 is 1. The summed E-state index contributed by atoms with van der Waals surface area (Å²) in [6.07, 6.45) is 10.4. The van der Waals surface area contributed by atoms with Gasteiger partial charge in [-0.05, 0) is 77.9 Å². The average Bonchev–Trinajstić information content (AvgIpc) is 3.68. The number of allylic oxidation sites excluding steroid dienone is 1. The number of anilines is 1. The van der Waals surface area contributed by atoms with Crippen LogP contribution in [0.5, 0.6) is 5.75 Å². The second-order valence-electron chi connectivity index (χ2n) is 10.6. The Morgan fingerprint density at radius 2 is 2.02 bits per heavy atom. The van der Waals surface area contributed by atoms with Gasteiger partial charge < -0.3 is 30.2 Å². The molecule has 1 aliphatic heterocycles. The van der Waals surface area contributed by atoms with Gasteiger partial charge in [-0.2, -0.15) is 0 Å². The normalized spacial score (nSPS) is 16.3. The molecule has 1 aliphatic rings. The van der Waals surface area contributed by atoms with E-state index in [-0.39, 0.29) is 5.37 Å². The lowest BCUT2D eigenvalue weighted by atomic mass is 10.0. The molecule has 41 heavy (non-hydrogen) atoms. The summed E-state index contributed by atoms with van der Waals surface area (Å²) in [4.78, 5) is 10.5. The van der Waals surface area contributed by atoms with E-state index >= 15 is 0 Å². The minimum Gasteiger partial charge on any atom is -0.497 e. The summed E-state index contributed by atoms with van der Waals surface area (Å²) in [7, 11) is 3.58. The van der Waals surface area contributed by atoms with Crippen LogP contribution in [0.1, 0.15) is 51.5 Å². The lowest BCUT2D eigenvalue weighted by Crippen LogP contribution is -2.31. The molecule has 220 valence electrons. The maximum atomic E-state index is 10.5. The maximum absolute atomic E-state index is 10.5. The fourth-order valence-corrected chi connectivity index (χ4v) is 5.05. The molecule has 4 rings (SSSR count). The minimum atomic E-state index is -0.659. The Bertz CT molecular complexity index is 1410. The second-order valence-corrected chi connectivity index (χ2v) is 11.6. The van der Waals surface area contributed by atoms with Gasteiger partial charge in [0.2, 0.25) is 0 Å². The van der Waals surface area contributed by atoms with Crippen molar-refractivity contribution >= 4 is 36.0 Å². The number of nitrogens with one attached hydrogen (secondary N) is 3. The minimum absolute atomic E-state index is 0.111. The number of hydrogen-bond acceptors (Lipinski definition) is 8. The number of carbonyl (C=O) groups is 1. The molecular weight excluding hydrogens is 534 g/mol. The van der Waals surface area contributed by atoms with E-state index in [1.165, 1.54) is 5.22 Å². The number of aldehydes is 1. The molecular formula is C33H43N3O4S. The molecule has 0 bridgehead atoms. The first-order chi connectivity index (χ1) is 19.7. The molecule has 4 N–H and O–H groups in total. The van der Waals surface area contributed by atoms with Crippen LogP contribution in [0.2, 0.25) is 0 Å². The van der Waals surface area contributed by atoms with Crippen molar-refractivity contribution in [2.75, 3.05) is 26.0 Å². The van der Waals surface area contributed by atoms with Crippen molar-refractivity contribution in [2.45, 2.75) is 51.5 Å². The molecule has 0 spiro atoms. The number of thioether (sulfide) groups is 1. The van der Waals surface area contributed by atoms with Crippen LogP contribution in [-0.2, 0) is 4.79 Å². The SMILES string of the molecule is CCC(C)/C=c1\cc(-c2ccoc2)c(NC)c\c1=C\NCCC(C)(C)O.COc1cccc(C2NC(C=O)=CS2)c1.